The molecule has 20 heavy (non-hydrogen) atoms. The lowest BCUT2D eigenvalue weighted by atomic mass is 9.69. The smallest absolute Gasteiger partial charge is 0.0936 e. The van der Waals surface area contributed by atoms with Crippen LogP contribution in [0.4, 0.5) is 0 Å². The minimum atomic E-state index is -0.00796. The Hall–Kier alpha value is -0.160. The maximum Gasteiger partial charge on any atom is 0.0936 e. The minimum Gasteiger partial charge on any atom is -0.394 e. The highest BCUT2D eigenvalue weighted by molar-refractivity contribution is 4.91. The van der Waals surface area contributed by atoms with Gasteiger partial charge < -0.3 is 15.2 Å². The fourth-order valence-electron chi connectivity index (χ4n) is 4.35. The third kappa shape index (κ3) is 4.17. The first-order chi connectivity index (χ1) is 9.57. The van der Waals surface area contributed by atoms with Gasteiger partial charge in [-0.25, -0.2) is 0 Å². The molecule has 0 bridgehead atoms. The third-order valence-electron chi connectivity index (χ3n) is 4.90. The lowest BCUT2D eigenvalue weighted by Crippen LogP contribution is -2.53. The molecular weight excluding hydrogens is 252 g/mol. The Labute approximate surface area is 123 Å². The number of aliphatic hydroxyl groups is 1. The zero-order valence-corrected chi connectivity index (χ0v) is 13.4. The summed E-state index contributed by atoms with van der Waals surface area (Å²) in [7, 11) is 2.07. The summed E-state index contributed by atoms with van der Waals surface area (Å²) in [5.74, 6) is 0.837. The maximum atomic E-state index is 9.38. The van der Waals surface area contributed by atoms with Gasteiger partial charge in [-0.15, -0.1) is 0 Å². The molecule has 0 amide bonds. The van der Waals surface area contributed by atoms with E-state index in [-0.39, 0.29) is 18.8 Å². The van der Waals surface area contributed by atoms with Crippen LogP contribution in [0.15, 0.2) is 0 Å². The number of hydrogen-bond donors (Lipinski definition) is 2. The Bertz CT molecular complexity index is 296. The van der Waals surface area contributed by atoms with Gasteiger partial charge in [-0.05, 0) is 38.1 Å². The number of nitrogens with one attached hydrogen (secondary N) is 1. The van der Waals surface area contributed by atoms with E-state index >= 15 is 0 Å². The van der Waals surface area contributed by atoms with Crippen LogP contribution in [0.1, 0.15) is 39.5 Å². The van der Waals surface area contributed by atoms with Crippen LogP contribution in [-0.4, -0.2) is 62.0 Å². The van der Waals surface area contributed by atoms with E-state index in [1.54, 1.807) is 0 Å². The first kappa shape index (κ1) is 16.2. The highest BCUT2D eigenvalue weighted by Gasteiger charge is 2.37. The molecule has 1 aliphatic heterocycles. The Balaban J connectivity index is 1.99. The summed E-state index contributed by atoms with van der Waals surface area (Å²) in [6.45, 7) is 8.76. The molecule has 4 atom stereocenters. The van der Waals surface area contributed by atoms with E-state index in [0.29, 0.717) is 5.41 Å². The molecule has 1 saturated heterocycles. The average molecular weight is 284 g/mol. The molecule has 2 aliphatic rings. The van der Waals surface area contributed by atoms with Gasteiger partial charge in [0.05, 0.1) is 18.8 Å². The van der Waals surface area contributed by atoms with Crippen LogP contribution in [0.5, 0.6) is 0 Å². The van der Waals surface area contributed by atoms with Crippen LogP contribution < -0.4 is 5.32 Å². The second kappa shape index (κ2) is 7.21. The van der Waals surface area contributed by atoms with Crippen molar-refractivity contribution in [2.75, 3.05) is 39.8 Å². The average Bonchev–Trinajstić information content (AvgIpc) is 2.38. The van der Waals surface area contributed by atoms with Gasteiger partial charge in [-0.2, -0.15) is 0 Å². The zero-order chi connectivity index (χ0) is 14.6. The molecule has 2 fully saturated rings. The molecule has 0 spiro atoms. The van der Waals surface area contributed by atoms with E-state index in [0.717, 1.165) is 32.1 Å². The normalized spacial score (nSPS) is 39.9. The van der Waals surface area contributed by atoms with Crippen LogP contribution in [0.2, 0.25) is 0 Å². The van der Waals surface area contributed by atoms with Crippen LogP contribution in [-0.2, 0) is 4.74 Å². The predicted octanol–water partition coefficient (Wildman–Crippen LogP) is 1.48. The van der Waals surface area contributed by atoms with Crippen LogP contribution in [0.25, 0.3) is 0 Å². The summed E-state index contributed by atoms with van der Waals surface area (Å²) in [5, 5.41) is 12.8. The number of rotatable bonds is 5. The molecule has 4 unspecified atom stereocenters. The highest BCUT2D eigenvalue weighted by atomic mass is 16.5. The quantitative estimate of drug-likeness (QED) is 0.803. The predicted molar refractivity (Wildman–Crippen MR) is 81.9 cm³/mol. The van der Waals surface area contributed by atoms with Crippen LogP contribution >= 0.6 is 0 Å². The molecule has 0 aromatic rings. The summed E-state index contributed by atoms with van der Waals surface area (Å²) in [6.07, 6.45) is 5.60. The van der Waals surface area contributed by atoms with E-state index in [1.807, 2.05) is 0 Å². The number of nitrogens with zero attached hydrogens (tertiary/aromatic N) is 1. The summed E-state index contributed by atoms with van der Waals surface area (Å²) in [4.78, 5) is 2.52. The summed E-state index contributed by atoms with van der Waals surface area (Å²) in [6, 6.07) is 0. The molecule has 0 radical (unpaired) electrons. The van der Waals surface area contributed by atoms with Gasteiger partial charge in [0.15, 0.2) is 0 Å². The van der Waals surface area contributed by atoms with Crippen LogP contribution in [0.3, 0.4) is 0 Å². The molecule has 2 N–H and O–H groups in total. The molecule has 0 aromatic heterocycles. The summed E-state index contributed by atoms with van der Waals surface area (Å²) >= 11 is 0. The molecule has 2 rings (SSSR count). The van der Waals surface area contributed by atoms with E-state index in [9.17, 15) is 5.11 Å². The molecule has 4 heteroatoms. The van der Waals surface area contributed by atoms with E-state index in [1.165, 1.54) is 25.7 Å². The maximum absolute atomic E-state index is 9.38. The van der Waals surface area contributed by atoms with Gasteiger partial charge in [0.2, 0.25) is 0 Å². The van der Waals surface area contributed by atoms with Gasteiger partial charge in [-0.3, -0.25) is 4.90 Å². The highest BCUT2D eigenvalue weighted by Crippen LogP contribution is 2.40. The molecule has 118 valence electrons. The molecular formula is C16H32N2O2. The molecule has 1 saturated carbocycles. The first-order valence-corrected chi connectivity index (χ1v) is 8.20. The Morgan fingerprint density at radius 3 is 2.80 bits per heavy atom. The number of ether oxygens (including phenoxy) is 1. The van der Waals surface area contributed by atoms with Crippen molar-refractivity contribution < 1.29 is 9.84 Å². The fraction of sp³-hybridized carbons (Fsp3) is 1.00. The van der Waals surface area contributed by atoms with Crippen molar-refractivity contribution in [3.63, 3.8) is 0 Å². The van der Waals surface area contributed by atoms with Gasteiger partial charge in [0, 0.05) is 26.2 Å². The molecule has 1 heterocycles. The van der Waals surface area contributed by atoms with Crippen molar-refractivity contribution in [3.8, 4) is 0 Å². The molecule has 4 nitrogen and oxygen atoms in total. The Kier molecular flexibility index (Phi) is 5.84. The summed E-state index contributed by atoms with van der Waals surface area (Å²) < 4.78 is 5.76. The SMILES string of the molecule is CNCC1(CN2CC(C)OC(CO)C2)CCCC(C)C1. The lowest BCUT2D eigenvalue weighted by Gasteiger charge is -2.46. The minimum absolute atomic E-state index is 0.00796. The molecule has 0 aromatic carbocycles. The lowest BCUT2D eigenvalue weighted by molar-refractivity contribution is -0.105. The standard InChI is InChI=1S/C16H32N2O2/c1-13-5-4-6-16(7-13,11-17-3)12-18-8-14(2)20-15(9-18)10-19/h13-15,17,19H,4-12H2,1-3H3. The monoisotopic (exact) mass is 284 g/mol. The number of hydrogen-bond acceptors (Lipinski definition) is 4. The van der Waals surface area contributed by atoms with Crippen molar-refractivity contribution in [1.29, 1.82) is 0 Å². The second-order valence-electron chi connectivity index (χ2n) is 7.18. The fourth-order valence-corrected chi connectivity index (χ4v) is 4.35. The second-order valence-corrected chi connectivity index (χ2v) is 7.18. The van der Waals surface area contributed by atoms with Crippen LogP contribution in [0, 0.1) is 11.3 Å². The van der Waals surface area contributed by atoms with Crippen molar-refractivity contribution >= 4 is 0 Å². The number of aliphatic hydroxyl groups excluding tert-OH is 1. The zero-order valence-electron chi connectivity index (χ0n) is 13.4. The van der Waals surface area contributed by atoms with Crippen molar-refractivity contribution in [2.45, 2.75) is 51.7 Å². The van der Waals surface area contributed by atoms with E-state index in [4.69, 9.17) is 4.74 Å². The molecule has 1 aliphatic carbocycles. The third-order valence-corrected chi connectivity index (χ3v) is 4.90. The largest absolute Gasteiger partial charge is 0.394 e. The van der Waals surface area contributed by atoms with Crippen molar-refractivity contribution in [3.05, 3.63) is 0 Å². The summed E-state index contributed by atoms with van der Waals surface area (Å²) in [5.41, 5.74) is 0.406. The van der Waals surface area contributed by atoms with Gasteiger partial charge in [-0.1, -0.05) is 19.8 Å². The topological polar surface area (TPSA) is 44.7 Å². The van der Waals surface area contributed by atoms with E-state index in [2.05, 4.69) is 31.1 Å². The van der Waals surface area contributed by atoms with Gasteiger partial charge in [0.25, 0.3) is 0 Å². The van der Waals surface area contributed by atoms with Gasteiger partial charge in [0.1, 0.15) is 0 Å². The Morgan fingerprint density at radius 2 is 2.15 bits per heavy atom. The first-order valence-electron chi connectivity index (χ1n) is 8.20. The van der Waals surface area contributed by atoms with Crippen molar-refractivity contribution in [2.24, 2.45) is 11.3 Å². The Morgan fingerprint density at radius 1 is 1.35 bits per heavy atom. The van der Waals surface area contributed by atoms with Gasteiger partial charge >= 0.3 is 0 Å². The number of morpholine rings is 1. The van der Waals surface area contributed by atoms with Crippen molar-refractivity contribution in [1.82, 2.24) is 10.2 Å². The van der Waals surface area contributed by atoms with E-state index < -0.39 is 0 Å².